The fourth-order valence-electron chi connectivity index (χ4n) is 1.71. The van der Waals surface area contributed by atoms with Crippen LogP contribution in [0.3, 0.4) is 0 Å². The van der Waals surface area contributed by atoms with Crippen LogP contribution in [0.1, 0.15) is 0 Å². The number of nitrogens with one attached hydrogen (secondary N) is 1. The molecule has 2 aromatic rings. The van der Waals surface area contributed by atoms with E-state index in [1.807, 2.05) is 0 Å². The fraction of sp³-hybridized carbons (Fsp3) is 0.0667. The second-order valence-corrected chi connectivity index (χ2v) is 5.30. The molecule has 0 radical (unpaired) electrons. The van der Waals surface area contributed by atoms with Crippen molar-refractivity contribution in [3.05, 3.63) is 52.5 Å². The van der Waals surface area contributed by atoms with Gasteiger partial charge in [-0.05, 0) is 42.5 Å². The molecule has 0 fully saturated rings. The van der Waals surface area contributed by atoms with Crippen LogP contribution >= 0.6 is 23.2 Å². The van der Waals surface area contributed by atoms with E-state index in [0.717, 1.165) is 4.90 Å². The van der Waals surface area contributed by atoms with Gasteiger partial charge in [-0.25, -0.2) is 0 Å². The van der Waals surface area contributed by atoms with Crippen LogP contribution in [0.4, 0.5) is 11.4 Å². The van der Waals surface area contributed by atoms with Gasteiger partial charge in [0.25, 0.3) is 0 Å². The standard InChI is InChI=1S/C15H12Cl2N2O3/c1-19(10-3-5-11(20)6-4-10)15(22)14(21)18-13-8-9(16)2-7-12(13)17/h2-8,20H,1H3,(H,18,21). The number of rotatable bonds is 2. The number of hydrogen-bond donors (Lipinski definition) is 2. The highest BCUT2D eigenvalue weighted by atomic mass is 35.5. The maximum atomic E-state index is 12.1. The lowest BCUT2D eigenvalue weighted by Crippen LogP contribution is -2.37. The molecule has 7 heteroatoms. The molecule has 0 aliphatic rings. The fourth-order valence-corrected chi connectivity index (χ4v) is 2.05. The first-order valence-electron chi connectivity index (χ1n) is 6.21. The lowest BCUT2D eigenvalue weighted by molar-refractivity contribution is -0.134. The van der Waals surface area contributed by atoms with Gasteiger partial charge in [0.2, 0.25) is 0 Å². The van der Waals surface area contributed by atoms with Gasteiger partial charge >= 0.3 is 11.8 Å². The molecular weight excluding hydrogens is 327 g/mol. The van der Waals surface area contributed by atoms with E-state index in [1.54, 1.807) is 6.07 Å². The zero-order chi connectivity index (χ0) is 16.3. The molecule has 22 heavy (non-hydrogen) atoms. The first-order valence-corrected chi connectivity index (χ1v) is 6.97. The van der Waals surface area contributed by atoms with Crippen LogP contribution < -0.4 is 10.2 Å². The summed E-state index contributed by atoms with van der Waals surface area (Å²) in [4.78, 5) is 25.3. The molecular formula is C15H12Cl2N2O3. The third kappa shape index (κ3) is 3.69. The summed E-state index contributed by atoms with van der Waals surface area (Å²) in [5, 5.41) is 12.3. The van der Waals surface area contributed by atoms with E-state index >= 15 is 0 Å². The smallest absolute Gasteiger partial charge is 0.316 e. The Hall–Kier alpha value is -2.24. The Kier molecular flexibility index (Phi) is 4.90. The molecule has 2 amide bonds. The largest absolute Gasteiger partial charge is 0.508 e. The number of halogens is 2. The first-order chi connectivity index (χ1) is 10.4. The number of aromatic hydroxyl groups is 1. The van der Waals surface area contributed by atoms with Gasteiger partial charge < -0.3 is 15.3 Å². The van der Waals surface area contributed by atoms with Gasteiger partial charge in [0.1, 0.15) is 5.75 Å². The minimum atomic E-state index is -0.847. The Bertz CT molecular complexity index is 717. The number of phenols is 1. The van der Waals surface area contributed by atoms with Gasteiger partial charge in [0.05, 0.1) is 10.7 Å². The highest BCUT2D eigenvalue weighted by Crippen LogP contribution is 2.25. The number of carbonyl (C=O) groups excluding carboxylic acids is 2. The normalized spacial score (nSPS) is 10.1. The second-order valence-electron chi connectivity index (χ2n) is 4.46. The number of amides is 2. The topological polar surface area (TPSA) is 69.6 Å². The average Bonchev–Trinajstić information content (AvgIpc) is 2.50. The molecule has 2 N–H and O–H groups in total. The molecule has 0 unspecified atom stereocenters. The highest BCUT2D eigenvalue weighted by molar-refractivity contribution is 6.45. The zero-order valence-corrected chi connectivity index (χ0v) is 13.0. The Morgan fingerprint density at radius 1 is 1.09 bits per heavy atom. The Labute approximate surface area is 137 Å². The Balaban J connectivity index is 2.13. The molecule has 0 heterocycles. The Morgan fingerprint density at radius 2 is 1.73 bits per heavy atom. The van der Waals surface area contributed by atoms with Crippen molar-refractivity contribution < 1.29 is 14.7 Å². The minimum Gasteiger partial charge on any atom is -0.508 e. The SMILES string of the molecule is CN(C(=O)C(=O)Nc1cc(Cl)ccc1Cl)c1ccc(O)cc1. The highest BCUT2D eigenvalue weighted by Gasteiger charge is 2.21. The summed E-state index contributed by atoms with van der Waals surface area (Å²) in [6.45, 7) is 0. The van der Waals surface area contributed by atoms with E-state index in [9.17, 15) is 14.7 Å². The molecule has 0 spiro atoms. The molecule has 0 atom stereocenters. The van der Waals surface area contributed by atoms with E-state index in [-0.39, 0.29) is 16.5 Å². The van der Waals surface area contributed by atoms with Crippen LogP contribution in [-0.4, -0.2) is 24.0 Å². The molecule has 0 aliphatic heterocycles. The van der Waals surface area contributed by atoms with E-state index in [4.69, 9.17) is 23.2 Å². The van der Waals surface area contributed by atoms with Crippen LogP contribution in [0.25, 0.3) is 0 Å². The lowest BCUT2D eigenvalue weighted by atomic mass is 10.2. The lowest BCUT2D eigenvalue weighted by Gasteiger charge is -2.17. The molecule has 0 aliphatic carbocycles. The summed E-state index contributed by atoms with van der Waals surface area (Å²) in [6, 6.07) is 10.4. The van der Waals surface area contributed by atoms with Crippen LogP contribution in [0.2, 0.25) is 10.0 Å². The van der Waals surface area contributed by atoms with E-state index < -0.39 is 11.8 Å². The van der Waals surface area contributed by atoms with Gasteiger partial charge in [-0.3, -0.25) is 9.59 Å². The van der Waals surface area contributed by atoms with Crippen LogP contribution in [0.15, 0.2) is 42.5 Å². The van der Waals surface area contributed by atoms with Crippen molar-refractivity contribution in [1.82, 2.24) is 0 Å². The first kappa shape index (κ1) is 16.1. The molecule has 0 aromatic heterocycles. The summed E-state index contributed by atoms with van der Waals surface area (Å²) in [5.74, 6) is -1.55. The number of benzene rings is 2. The van der Waals surface area contributed by atoms with Gasteiger partial charge in [-0.15, -0.1) is 0 Å². The number of anilines is 2. The summed E-state index contributed by atoms with van der Waals surface area (Å²) >= 11 is 11.8. The number of hydrogen-bond acceptors (Lipinski definition) is 3. The van der Waals surface area contributed by atoms with Crippen molar-refractivity contribution in [3.8, 4) is 5.75 Å². The summed E-state index contributed by atoms with van der Waals surface area (Å²) in [6.07, 6.45) is 0. The molecule has 0 saturated carbocycles. The van der Waals surface area contributed by atoms with Crippen molar-refractivity contribution >= 4 is 46.4 Å². The summed E-state index contributed by atoms with van der Waals surface area (Å²) in [5.41, 5.74) is 0.724. The van der Waals surface area contributed by atoms with Crippen LogP contribution in [-0.2, 0) is 9.59 Å². The molecule has 5 nitrogen and oxygen atoms in total. The monoisotopic (exact) mass is 338 g/mol. The molecule has 0 saturated heterocycles. The van der Waals surface area contributed by atoms with Crippen molar-refractivity contribution in [2.75, 3.05) is 17.3 Å². The summed E-state index contributed by atoms with van der Waals surface area (Å²) in [7, 11) is 1.45. The molecule has 2 rings (SSSR count). The van der Waals surface area contributed by atoms with Crippen molar-refractivity contribution in [3.63, 3.8) is 0 Å². The average molecular weight is 339 g/mol. The van der Waals surface area contributed by atoms with E-state index in [2.05, 4.69) is 5.32 Å². The van der Waals surface area contributed by atoms with Gasteiger partial charge in [-0.1, -0.05) is 23.2 Å². The summed E-state index contributed by atoms with van der Waals surface area (Å²) < 4.78 is 0. The predicted molar refractivity (Wildman–Crippen MR) is 86.6 cm³/mol. The maximum Gasteiger partial charge on any atom is 0.316 e. The van der Waals surface area contributed by atoms with Gasteiger partial charge in [-0.2, -0.15) is 0 Å². The third-order valence-corrected chi connectivity index (χ3v) is 3.48. The number of nitrogens with zero attached hydrogens (tertiary/aromatic N) is 1. The number of likely N-dealkylation sites (N-methyl/N-ethyl adjacent to an activating group) is 1. The maximum absolute atomic E-state index is 12.1. The second kappa shape index (κ2) is 6.68. The molecule has 0 bridgehead atoms. The Morgan fingerprint density at radius 3 is 2.36 bits per heavy atom. The van der Waals surface area contributed by atoms with E-state index in [0.29, 0.717) is 10.7 Å². The van der Waals surface area contributed by atoms with E-state index in [1.165, 1.54) is 43.4 Å². The molecule has 2 aromatic carbocycles. The predicted octanol–water partition coefficient (Wildman–Crippen LogP) is 3.30. The number of phenolic OH excluding ortho intramolecular Hbond substituents is 1. The van der Waals surface area contributed by atoms with Crippen molar-refractivity contribution in [2.45, 2.75) is 0 Å². The number of carbonyl (C=O) groups is 2. The minimum absolute atomic E-state index is 0.0692. The van der Waals surface area contributed by atoms with Crippen molar-refractivity contribution in [1.29, 1.82) is 0 Å². The third-order valence-electron chi connectivity index (χ3n) is 2.91. The van der Waals surface area contributed by atoms with Gasteiger partial charge in [0.15, 0.2) is 0 Å². The zero-order valence-electron chi connectivity index (χ0n) is 11.5. The molecule has 114 valence electrons. The quantitative estimate of drug-likeness (QED) is 0.825. The van der Waals surface area contributed by atoms with Crippen molar-refractivity contribution in [2.24, 2.45) is 0 Å². The van der Waals surface area contributed by atoms with Crippen LogP contribution in [0.5, 0.6) is 5.75 Å². The van der Waals surface area contributed by atoms with Crippen LogP contribution in [0, 0.1) is 0 Å². The van der Waals surface area contributed by atoms with Gasteiger partial charge in [0, 0.05) is 17.8 Å².